The van der Waals surface area contributed by atoms with Crippen molar-refractivity contribution in [3.63, 3.8) is 0 Å². The number of aromatic nitrogens is 2. The lowest BCUT2D eigenvalue weighted by Gasteiger charge is -1.95. The molecular weight excluding hydrogens is 241 g/mol. The van der Waals surface area contributed by atoms with Crippen LogP contribution in [-0.2, 0) is 0 Å². The Hall–Kier alpha value is -0.740. The van der Waals surface area contributed by atoms with Crippen LogP contribution in [0.4, 0.5) is 5.95 Å². The number of hydrogen-bond donors (Lipinski definition) is 1. The summed E-state index contributed by atoms with van der Waals surface area (Å²) < 4.78 is 2.67. The minimum Gasteiger partial charge on any atom is -0.369 e. The lowest BCUT2D eigenvalue weighted by molar-refractivity contribution is 1.16. The molecule has 0 aliphatic heterocycles. The summed E-state index contributed by atoms with van der Waals surface area (Å²) in [6.07, 6.45) is 1.82. The van der Waals surface area contributed by atoms with Gasteiger partial charge in [-0.2, -0.15) is 0 Å². The molecule has 0 spiro atoms. The second-order valence-electron chi connectivity index (χ2n) is 2.36. The number of rotatable bonds is 0. The summed E-state index contributed by atoms with van der Waals surface area (Å²) in [6, 6.07) is 3.75. The van der Waals surface area contributed by atoms with Crippen LogP contribution in [0.1, 0.15) is 0 Å². The molecule has 2 aromatic heterocycles. The molecule has 2 heterocycles. The number of nitrogen functional groups attached to an aromatic ring is 1. The Morgan fingerprint density at radius 3 is 3.00 bits per heavy atom. The van der Waals surface area contributed by atoms with E-state index in [1.54, 1.807) is 4.40 Å². The van der Waals surface area contributed by atoms with Gasteiger partial charge >= 0.3 is 0 Å². The zero-order valence-corrected chi connectivity index (χ0v) is 8.30. The number of hydrogen-bond acceptors (Lipinski definition) is 2. The van der Waals surface area contributed by atoms with Gasteiger partial charge in [0.15, 0.2) is 5.15 Å². The normalized spacial score (nSPS) is 10.8. The van der Waals surface area contributed by atoms with Crippen LogP contribution in [0.25, 0.3) is 5.52 Å². The molecule has 0 saturated carbocycles. The van der Waals surface area contributed by atoms with E-state index in [1.165, 1.54) is 0 Å². The Labute approximate surface area is 82.3 Å². The highest BCUT2D eigenvalue weighted by atomic mass is 79.9. The molecule has 0 radical (unpaired) electrons. The third kappa shape index (κ3) is 1.07. The number of nitrogens with two attached hydrogens (primary N) is 1. The van der Waals surface area contributed by atoms with Crippen LogP contribution in [0.3, 0.4) is 0 Å². The number of nitrogens with zero attached hydrogens (tertiary/aromatic N) is 2. The molecule has 2 N–H and O–H groups in total. The smallest absolute Gasteiger partial charge is 0.206 e. The van der Waals surface area contributed by atoms with Crippen LogP contribution in [0.5, 0.6) is 0 Å². The molecule has 0 aromatic carbocycles. The summed E-state index contributed by atoms with van der Waals surface area (Å²) in [6.45, 7) is 0. The van der Waals surface area contributed by atoms with Gasteiger partial charge in [0.25, 0.3) is 0 Å². The maximum absolute atomic E-state index is 5.80. The van der Waals surface area contributed by atoms with Crippen molar-refractivity contribution in [2.75, 3.05) is 5.73 Å². The van der Waals surface area contributed by atoms with Crippen molar-refractivity contribution in [3.05, 3.63) is 28.0 Å². The van der Waals surface area contributed by atoms with E-state index in [0.29, 0.717) is 11.1 Å². The fourth-order valence-electron chi connectivity index (χ4n) is 1.04. The molecule has 0 bridgehead atoms. The number of pyridine rings is 1. The summed E-state index contributed by atoms with van der Waals surface area (Å²) in [7, 11) is 0. The highest BCUT2D eigenvalue weighted by Gasteiger charge is 2.05. The summed E-state index contributed by atoms with van der Waals surface area (Å²) in [5, 5.41) is 0.431. The number of fused-ring (bicyclic) bond motifs is 1. The number of anilines is 1. The van der Waals surface area contributed by atoms with E-state index in [-0.39, 0.29) is 0 Å². The minimum absolute atomic E-state index is 0.399. The van der Waals surface area contributed by atoms with Crippen LogP contribution < -0.4 is 5.73 Å². The van der Waals surface area contributed by atoms with Gasteiger partial charge in [-0.1, -0.05) is 11.6 Å². The zero-order valence-electron chi connectivity index (χ0n) is 5.96. The van der Waals surface area contributed by atoms with Crippen molar-refractivity contribution in [1.82, 2.24) is 9.38 Å². The number of halogens is 2. The van der Waals surface area contributed by atoms with Gasteiger partial charge in [0.2, 0.25) is 5.95 Å². The Bertz CT molecular complexity index is 437. The first kappa shape index (κ1) is 7.89. The summed E-state index contributed by atoms with van der Waals surface area (Å²) in [4.78, 5) is 3.92. The van der Waals surface area contributed by atoms with Gasteiger partial charge in [0.05, 0.1) is 5.52 Å². The van der Waals surface area contributed by atoms with E-state index in [2.05, 4.69) is 20.9 Å². The molecular formula is C7H5BrClN3. The topological polar surface area (TPSA) is 43.3 Å². The zero-order chi connectivity index (χ0) is 8.72. The average molecular weight is 246 g/mol. The molecule has 2 aromatic rings. The van der Waals surface area contributed by atoms with E-state index in [4.69, 9.17) is 17.3 Å². The van der Waals surface area contributed by atoms with Gasteiger partial charge in [-0.3, -0.25) is 4.40 Å². The third-order valence-corrected chi connectivity index (χ3v) is 2.33. The Balaban J connectivity index is 2.90. The van der Waals surface area contributed by atoms with E-state index in [1.807, 2.05) is 18.3 Å². The molecule has 0 aliphatic carbocycles. The maximum Gasteiger partial charge on any atom is 0.206 e. The molecule has 12 heavy (non-hydrogen) atoms. The van der Waals surface area contributed by atoms with E-state index in [0.717, 1.165) is 9.99 Å². The summed E-state index contributed by atoms with van der Waals surface area (Å²) in [5.41, 5.74) is 6.41. The van der Waals surface area contributed by atoms with Gasteiger partial charge in [0, 0.05) is 10.7 Å². The molecule has 0 atom stereocenters. The second kappa shape index (κ2) is 2.64. The predicted molar refractivity (Wildman–Crippen MR) is 52.3 cm³/mol. The van der Waals surface area contributed by atoms with Crippen molar-refractivity contribution in [1.29, 1.82) is 0 Å². The molecule has 5 heteroatoms. The summed E-state index contributed by atoms with van der Waals surface area (Å²) in [5.74, 6) is 0.399. The fraction of sp³-hybridized carbons (Fsp3) is 0. The van der Waals surface area contributed by atoms with Gasteiger partial charge in [-0.05, 0) is 28.1 Å². The van der Waals surface area contributed by atoms with Crippen molar-refractivity contribution >= 4 is 39.0 Å². The number of imidazole rings is 1. The molecule has 0 amide bonds. The molecule has 3 nitrogen and oxygen atoms in total. The largest absolute Gasteiger partial charge is 0.369 e. The van der Waals surface area contributed by atoms with Crippen LogP contribution in [0, 0.1) is 0 Å². The SMILES string of the molecule is Nc1nc(Cl)c2ccc(Br)cn12. The molecule has 0 saturated heterocycles. The Kier molecular flexibility index (Phi) is 1.73. The monoisotopic (exact) mass is 245 g/mol. The van der Waals surface area contributed by atoms with Crippen molar-refractivity contribution < 1.29 is 0 Å². The third-order valence-electron chi connectivity index (χ3n) is 1.58. The van der Waals surface area contributed by atoms with Crippen molar-refractivity contribution in [3.8, 4) is 0 Å². The Morgan fingerprint density at radius 1 is 1.50 bits per heavy atom. The Morgan fingerprint density at radius 2 is 2.25 bits per heavy atom. The first-order valence-corrected chi connectivity index (χ1v) is 4.44. The molecule has 2 rings (SSSR count). The molecule has 62 valence electrons. The van der Waals surface area contributed by atoms with Crippen LogP contribution in [0.15, 0.2) is 22.8 Å². The predicted octanol–water partition coefficient (Wildman–Crippen LogP) is 2.33. The first-order chi connectivity index (χ1) is 5.68. The molecule has 0 unspecified atom stereocenters. The van der Waals surface area contributed by atoms with Crippen LogP contribution in [0.2, 0.25) is 5.15 Å². The highest BCUT2D eigenvalue weighted by molar-refractivity contribution is 9.10. The van der Waals surface area contributed by atoms with Crippen molar-refractivity contribution in [2.45, 2.75) is 0 Å². The van der Waals surface area contributed by atoms with Gasteiger partial charge in [-0.25, -0.2) is 4.98 Å². The van der Waals surface area contributed by atoms with E-state index < -0.39 is 0 Å². The van der Waals surface area contributed by atoms with Crippen LogP contribution in [-0.4, -0.2) is 9.38 Å². The molecule has 0 fully saturated rings. The summed E-state index contributed by atoms with van der Waals surface area (Å²) >= 11 is 9.13. The minimum atomic E-state index is 0.399. The van der Waals surface area contributed by atoms with Gasteiger partial charge in [0.1, 0.15) is 0 Å². The quantitative estimate of drug-likeness (QED) is 0.775. The lowest BCUT2D eigenvalue weighted by atomic mass is 10.4. The lowest BCUT2D eigenvalue weighted by Crippen LogP contribution is -1.92. The van der Waals surface area contributed by atoms with Gasteiger partial charge < -0.3 is 5.73 Å². The van der Waals surface area contributed by atoms with Crippen molar-refractivity contribution in [2.24, 2.45) is 0 Å². The van der Waals surface area contributed by atoms with E-state index >= 15 is 0 Å². The molecule has 0 aliphatic rings. The van der Waals surface area contributed by atoms with E-state index in [9.17, 15) is 0 Å². The fourth-order valence-corrected chi connectivity index (χ4v) is 1.62. The van der Waals surface area contributed by atoms with Crippen LogP contribution >= 0.6 is 27.5 Å². The average Bonchev–Trinajstić information content (AvgIpc) is 2.28. The van der Waals surface area contributed by atoms with Gasteiger partial charge in [-0.15, -0.1) is 0 Å². The maximum atomic E-state index is 5.80. The standard InChI is InChI=1S/C7H5BrClN3/c8-4-1-2-5-6(9)11-7(10)12(5)3-4/h1-3H,(H2,10,11). The highest BCUT2D eigenvalue weighted by Crippen LogP contribution is 2.21. The first-order valence-electron chi connectivity index (χ1n) is 3.27. The second-order valence-corrected chi connectivity index (χ2v) is 3.64.